The van der Waals surface area contributed by atoms with Crippen LogP contribution in [0.4, 0.5) is 14.5 Å². The lowest BCUT2D eigenvalue weighted by atomic mass is 9.96. The molecule has 9 heteroatoms. The summed E-state index contributed by atoms with van der Waals surface area (Å²) in [5.41, 5.74) is 7.33. The fourth-order valence-electron chi connectivity index (χ4n) is 3.58. The summed E-state index contributed by atoms with van der Waals surface area (Å²) in [5.74, 6) is -2.87. The third kappa shape index (κ3) is 5.41. The summed E-state index contributed by atoms with van der Waals surface area (Å²) in [6, 6.07) is 12.2. The molecule has 2 N–H and O–H groups in total. The molecule has 0 aliphatic carbocycles. The number of carbonyl (C=O) groups excluding carboxylic acids is 1. The number of hydrogen-bond acceptors (Lipinski definition) is 6. The summed E-state index contributed by atoms with van der Waals surface area (Å²) in [6.07, 6.45) is 0. The Morgan fingerprint density at radius 1 is 1.25 bits per heavy atom. The zero-order valence-corrected chi connectivity index (χ0v) is 18.6. The van der Waals surface area contributed by atoms with Crippen molar-refractivity contribution in [3.63, 3.8) is 0 Å². The van der Waals surface area contributed by atoms with E-state index in [0.717, 1.165) is 27.9 Å². The Balaban J connectivity index is 1.74. The fraction of sp³-hybridized carbons (Fsp3) is 0.391. The molecule has 2 aromatic carbocycles. The zero-order valence-electron chi connectivity index (χ0n) is 18.6. The average Bonchev–Trinajstić information content (AvgIpc) is 2.76. The van der Waals surface area contributed by atoms with Crippen molar-refractivity contribution in [3.8, 4) is 0 Å². The molecule has 0 bridgehead atoms. The van der Waals surface area contributed by atoms with Gasteiger partial charge in [-0.2, -0.15) is 5.48 Å². The van der Waals surface area contributed by atoms with Crippen LogP contribution in [0.25, 0.3) is 0 Å². The fourth-order valence-corrected chi connectivity index (χ4v) is 3.58. The highest BCUT2D eigenvalue weighted by Crippen LogP contribution is 2.32. The number of nitrogens with zero attached hydrogens (tertiary/aromatic N) is 2. The Bertz CT molecular complexity index is 989. The second kappa shape index (κ2) is 10.1. The first kappa shape index (κ1) is 23.6. The first-order chi connectivity index (χ1) is 15.3. The number of aryl methyl sites for hydroxylation is 1. The third-order valence-electron chi connectivity index (χ3n) is 5.39. The first-order valence-corrected chi connectivity index (χ1v) is 10.2. The topological polar surface area (TPSA) is 75.2 Å². The molecule has 0 radical (unpaired) electrons. The molecule has 0 saturated carbocycles. The van der Waals surface area contributed by atoms with Crippen molar-refractivity contribution in [1.29, 1.82) is 0 Å². The number of likely N-dealkylation sites (N-methyl/N-ethyl adjacent to an activating group) is 1. The van der Waals surface area contributed by atoms with Gasteiger partial charge in [-0.25, -0.2) is 8.78 Å². The maximum Gasteiger partial charge on any atom is 0.282 e. The van der Waals surface area contributed by atoms with E-state index in [0.29, 0.717) is 5.71 Å². The minimum Gasteiger partial charge on any atom is -0.391 e. The molecule has 1 heterocycles. The molecule has 32 heavy (non-hydrogen) atoms. The molecule has 1 atom stereocenters. The van der Waals surface area contributed by atoms with Crippen molar-refractivity contribution in [3.05, 3.63) is 64.7 Å². The van der Waals surface area contributed by atoms with Gasteiger partial charge in [0.15, 0.2) is 0 Å². The number of benzene rings is 2. The number of alkyl halides is 2. The summed E-state index contributed by atoms with van der Waals surface area (Å²) in [6.45, 7) is 3.32. The van der Waals surface area contributed by atoms with E-state index in [1.165, 1.54) is 7.11 Å². The molecular weight excluding hydrogens is 418 g/mol. The van der Waals surface area contributed by atoms with Crippen LogP contribution in [0.3, 0.4) is 0 Å². The van der Waals surface area contributed by atoms with E-state index in [9.17, 15) is 13.6 Å². The average molecular weight is 446 g/mol. The number of amides is 1. The number of oxime groups is 1. The predicted octanol–water partition coefficient (Wildman–Crippen LogP) is 3.33. The van der Waals surface area contributed by atoms with Crippen molar-refractivity contribution in [2.24, 2.45) is 5.16 Å². The van der Waals surface area contributed by atoms with E-state index in [-0.39, 0.29) is 25.6 Å². The SMILES string of the molecule is CNC(=O)C(NOC)c1cccc(C)c1CO/N=C(\C)c1cccc(N2CC(F)(F)C2)c1. The number of hydrogen-bond donors (Lipinski definition) is 2. The monoisotopic (exact) mass is 446 g/mol. The van der Waals surface area contributed by atoms with Crippen molar-refractivity contribution in [2.45, 2.75) is 32.4 Å². The van der Waals surface area contributed by atoms with E-state index in [1.54, 1.807) is 24.9 Å². The largest absolute Gasteiger partial charge is 0.391 e. The van der Waals surface area contributed by atoms with Crippen LogP contribution in [0.1, 0.15) is 35.2 Å². The van der Waals surface area contributed by atoms with Gasteiger partial charge in [-0.15, -0.1) is 0 Å². The lowest BCUT2D eigenvalue weighted by molar-refractivity contribution is -0.126. The minimum absolute atomic E-state index is 0.149. The van der Waals surface area contributed by atoms with Gasteiger partial charge in [-0.05, 0) is 37.1 Å². The summed E-state index contributed by atoms with van der Waals surface area (Å²) in [5, 5.41) is 6.83. The van der Waals surface area contributed by atoms with E-state index in [2.05, 4.69) is 16.0 Å². The van der Waals surface area contributed by atoms with Crippen LogP contribution in [0.15, 0.2) is 47.6 Å². The molecule has 7 nitrogen and oxygen atoms in total. The summed E-state index contributed by atoms with van der Waals surface area (Å²) >= 11 is 0. The Labute approximate surface area is 186 Å². The highest BCUT2D eigenvalue weighted by molar-refractivity contribution is 5.99. The second-order valence-electron chi connectivity index (χ2n) is 7.72. The Morgan fingerprint density at radius 3 is 2.62 bits per heavy atom. The van der Waals surface area contributed by atoms with Crippen LogP contribution in [0.2, 0.25) is 0 Å². The number of rotatable bonds is 9. The van der Waals surface area contributed by atoms with Crippen LogP contribution in [-0.2, 0) is 21.1 Å². The van der Waals surface area contributed by atoms with Gasteiger partial charge in [0, 0.05) is 23.9 Å². The number of hydroxylamine groups is 1. The van der Waals surface area contributed by atoms with Gasteiger partial charge < -0.3 is 19.9 Å². The number of carbonyl (C=O) groups is 1. The van der Waals surface area contributed by atoms with Gasteiger partial charge in [-0.3, -0.25) is 4.79 Å². The normalized spacial score (nSPS) is 16.3. The summed E-state index contributed by atoms with van der Waals surface area (Å²) < 4.78 is 26.4. The molecule has 1 unspecified atom stereocenters. The van der Waals surface area contributed by atoms with Crippen molar-refractivity contribution in [1.82, 2.24) is 10.8 Å². The molecule has 1 aliphatic rings. The Morgan fingerprint density at radius 2 is 1.97 bits per heavy atom. The predicted molar refractivity (Wildman–Crippen MR) is 119 cm³/mol. The zero-order chi connectivity index (χ0) is 23.3. The van der Waals surface area contributed by atoms with Crippen molar-refractivity contribution in [2.75, 3.05) is 32.1 Å². The molecule has 0 spiro atoms. The van der Waals surface area contributed by atoms with E-state index in [4.69, 9.17) is 9.68 Å². The van der Waals surface area contributed by atoms with E-state index >= 15 is 0 Å². The smallest absolute Gasteiger partial charge is 0.282 e. The molecule has 0 aromatic heterocycles. The first-order valence-electron chi connectivity index (χ1n) is 10.2. The Kier molecular flexibility index (Phi) is 7.42. The summed E-state index contributed by atoms with van der Waals surface area (Å²) in [7, 11) is 3.01. The number of nitrogens with one attached hydrogen (secondary N) is 2. The van der Waals surface area contributed by atoms with Gasteiger partial charge in [0.1, 0.15) is 12.6 Å². The highest BCUT2D eigenvalue weighted by Gasteiger charge is 2.43. The molecule has 2 aromatic rings. The van der Waals surface area contributed by atoms with Crippen LogP contribution in [0, 0.1) is 6.92 Å². The quantitative estimate of drug-likeness (QED) is 0.457. The summed E-state index contributed by atoms with van der Waals surface area (Å²) in [4.78, 5) is 24.6. The standard InChI is InChI=1S/C23H28F2N4O3/c1-15-7-5-10-19(21(28-31-4)22(30)26-3)20(15)12-32-27-16(2)17-8-6-9-18(11-17)29-13-23(24,25)14-29/h5-11,21,28H,12-14H2,1-4H3,(H,26,30)/b27-16+. The molecule has 1 aliphatic heterocycles. The van der Waals surface area contributed by atoms with Crippen LogP contribution in [-0.4, -0.2) is 44.8 Å². The second-order valence-corrected chi connectivity index (χ2v) is 7.72. The van der Waals surface area contributed by atoms with E-state index < -0.39 is 12.0 Å². The van der Waals surface area contributed by atoms with Gasteiger partial charge >= 0.3 is 0 Å². The van der Waals surface area contributed by atoms with Gasteiger partial charge in [0.2, 0.25) is 5.91 Å². The molecule has 172 valence electrons. The highest BCUT2D eigenvalue weighted by atomic mass is 19.3. The van der Waals surface area contributed by atoms with Gasteiger partial charge in [0.05, 0.1) is 25.9 Å². The number of anilines is 1. The molecular formula is C23H28F2N4O3. The lowest BCUT2D eigenvalue weighted by Gasteiger charge is -2.40. The van der Waals surface area contributed by atoms with Gasteiger partial charge in [0.25, 0.3) is 5.92 Å². The van der Waals surface area contributed by atoms with Crippen molar-refractivity contribution >= 4 is 17.3 Å². The van der Waals surface area contributed by atoms with E-state index in [1.807, 2.05) is 43.3 Å². The molecule has 1 fully saturated rings. The van der Waals surface area contributed by atoms with Crippen LogP contribution < -0.4 is 15.7 Å². The third-order valence-corrected chi connectivity index (χ3v) is 5.39. The minimum atomic E-state index is -2.63. The molecule has 3 rings (SSSR count). The number of halogens is 2. The van der Waals surface area contributed by atoms with Gasteiger partial charge in [-0.1, -0.05) is 35.5 Å². The molecule has 1 saturated heterocycles. The van der Waals surface area contributed by atoms with Crippen molar-refractivity contribution < 1.29 is 23.3 Å². The molecule has 1 amide bonds. The lowest BCUT2D eigenvalue weighted by Crippen LogP contribution is -2.56. The maximum absolute atomic E-state index is 13.2. The van der Waals surface area contributed by atoms with Crippen LogP contribution in [0.5, 0.6) is 0 Å². The van der Waals surface area contributed by atoms with Crippen LogP contribution >= 0.6 is 0 Å². The Hall–Kier alpha value is -3.04. The maximum atomic E-state index is 13.2.